The van der Waals surface area contributed by atoms with Crippen LogP contribution in [-0.2, 0) is 0 Å². The van der Waals surface area contributed by atoms with Crippen molar-refractivity contribution < 1.29 is 0 Å². The molecule has 0 atom stereocenters. The molecule has 0 amide bonds. The maximum absolute atomic E-state index is 5.72. The van der Waals surface area contributed by atoms with E-state index in [0.29, 0.717) is 5.02 Å². The number of para-hydroxylation sites is 2. The van der Waals surface area contributed by atoms with E-state index in [4.69, 9.17) is 11.6 Å². The fourth-order valence-corrected chi connectivity index (χ4v) is 2.58. The summed E-state index contributed by atoms with van der Waals surface area (Å²) in [7, 11) is 0. The van der Waals surface area contributed by atoms with Crippen LogP contribution in [0.3, 0.4) is 0 Å². The van der Waals surface area contributed by atoms with Crippen molar-refractivity contribution in [2.45, 2.75) is 0 Å². The predicted octanol–water partition coefficient (Wildman–Crippen LogP) is 7.07. The van der Waals surface area contributed by atoms with Gasteiger partial charge < -0.3 is 10.6 Å². The van der Waals surface area contributed by atoms with Crippen molar-refractivity contribution in [3.63, 3.8) is 0 Å². The summed E-state index contributed by atoms with van der Waals surface area (Å²) in [6, 6.07) is 27.4. The molecule has 2 N–H and O–H groups in total. The van der Waals surface area contributed by atoms with Crippen molar-refractivity contribution in [1.29, 1.82) is 0 Å². The first-order valence-electron chi connectivity index (χ1n) is 8.56. The lowest BCUT2D eigenvalue weighted by Crippen LogP contribution is -1.91. The average molecular weight is 454 g/mol. The Labute approximate surface area is 177 Å². The van der Waals surface area contributed by atoms with Crippen molar-refractivity contribution in [1.82, 2.24) is 9.97 Å². The lowest BCUT2D eigenvalue weighted by atomic mass is 10.3. The number of rotatable bonds is 4. The molecule has 0 aliphatic carbocycles. The number of halogens is 2. The van der Waals surface area contributed by atoms with Gasteiger partial charge in [-0.3, -0.25) is 0 Å². The molecule has 2 heterocycles. The molecule has 0 radical (unpaired) electrons. The van der Waals surface area contributed by atoms with Gasteiger partial charge in [0.2, 0.25) is 0 Å². The zero-order chi connectivity index (χ0) is 19.6. The fourth-order valence-electron chi connectivity index (χ4n) is 2.24. The maximum atomic E-state index is 5.72. The number of hydrogen-bond acceptors (Lipinski definition) is 4. The Bertz CT molecular complexity index is 880. The molecule has 4 rings (SSSR count). The first-order valence-corrected chi connectivity index (χ1v) is 9.73. The molecular weight excluding hydrogens is 436 g/mol. The van der Waals surface area contributed by atoms with E-state index in [1.54, 1.807) is 18.5 Å². The molecule has 0 spiro atoms. The van der Waals surface area contributed by atoms with E-state index in [1.807, 2.05) is 78.9 Å². The van der Waals surface area contributed by atoms with Gasteiger partial charge in [-0.05, 0) is 64.5 Å². The van der Waals surface area contributed by atoms with Crippen LogP contribution in [0.25, 0.3) is 0 Å². The smallest absolute Gasteiger partial charge is 0.130 e. The topological polar surface area (TPSA) is 49.8 Å². The Morgan fingerprint density at radius 2 is 1.11 bits per heavy atom. The molecule has 0 unspecified atom stereocenters. The van der Waals surface area contributed by atoms with Crippen LogP contribution < -0.4 is 10.6 Å². The fraction of sp³-hybridized carbons (Fsp3) is 0. The molecule has 0 aliphatic rings. The van der Waals surface area contributed by atoms with E-state index in [0.717, 1.165) is 27.5 Å². The van der Waals surface area contributed by atoms with Gasteiger partial charge in [0.05, 0.1) is 5.02 Å². The van der Waals surface area contributed by atoms with Gasteiger partial charge in [-0.25, -0.2) is 9.97 Å². The lowest BCUT2D eigenvalue weighted by molar-refractivity contribution is 1.29. The SMILES string of the molecule is Brc1ccc(Nc2ccccc2)nc1.Clc1ccc(Nc2ccccc2)nc1. The number of hydrogen-bond donors (Lipinski definition) is 2. The van der Waals surface area contributed by atoms with Crippen LogP contribution in [0.4, 0.5) is 23.0 Å². The first-order chi connectivity index (χ1) is 13.7. The molecule has 2 aromatic carbocycles. The Balaban J connectivity index is 0.000000161. The van der Waals surface area contributed by atoms with E-state index in [-0.39, 0.29) is 0 Å². The van der Waals surface area contributed by atoms with E-state index in [1.165, 1.54) is 0 Å². The predicted molar refractivity (Wildman–Crippen MR) is 121 cm³/mol. The molecule has 0 bridgehead atoms. The highest BCUT2D eigenvalue weighted by atomic mass is 79.9. The van der Waals surface area contributed by atoms with Crippen molar-refractivity contribution in [2.24, 2.45) is 0 Å². The molecule has 140 valence electrons. The minimum atomic E-state index is 0.642. The Kier molecular flexibility index (Phi) is 7.41. The second kappa shape index (κ2) is 10.4. The highest BCUT2D eigenvalue weighted by Gasteiger charge is 1.95. The second-order valence-electron chi connectivity index (χ2n) is 5.71. The van der Waals surface area contributed by atoms with Crippen LogP contribution in [0.15, 0.2) is 102 Å². The Morgan fingerprint density at radius 3 is 1.54 bits per heavy atom. The summed E-state index contributed by atoms with van der Waals surface area (Å²) in [5.74, 6) is 1.64. The van der Waals surface area contributed by atoms with Gasteiger partial charge in [0.15, 0.2) is 0 Å². The third kappa shape index (κ3) is 6.68. The summed E-state index contributed by atoms with van der Waals surface area (Å²) in [6.45, 7) is 0. The zero-order valence-corrected chi connectivity index (χ0v) is 17.2. The first kappa shape index (κ1) is 19.9. The standard InChI is InChI=1S/C11H9BrN2.C11H9ClN2/c2*12-9-6-7-11(13-8-9)14-10-4-2-1-3-5-10/h2*1-8H,(H,13,14). The molecule has 2 aromatic heterocycles. The molecule has 4 aromatic rings. The summed E-state index contributed by atoms with van der Waals surface area (Å²) in [6.07, 6.45) is 3.39. The number of pyridine rings is 2. The summed E-state index contributed by atoms with van der Waals surface area (Å²) < 4.78 is 0.983. The largest absolute Gasteiger partial charge is 0.340 e. The number of benzene rings is 2. The Hall–Kier alpha value is -2.89. The summed E-state index contributed by atoms with van der Waals surface area (Å²) >= 11 is 9.06. The number of nitrogens with one attached hydrogen (secondary N) is 2. The van der Waals surface area contributed by atoms with E-state index >= 15 is 0 Å². The van der Waals surface area contributed by atoms with E-state index in [9.17, 15) is 0 Å². The maximum Gasteiger partial charge on any atom is 0.130 e. The third-order valence-electron chi connectivity index (χ3n) is 3.55. The number of nitrogens with zero attached hydrogens (tertiary/aromatic N) is 2. The lowest BCUT2D eigenvalue weighted by Gasteiger charge is -2.04. The molecular formula is C22H18BrClN4. The molecule has 6 heteroatoms. The van der Waals surface area contributed by atoms with Gasteiger partial charge in [-0.2, -0.15) is 0 Å². The Morgan fingerprint density at radius 1 is 0.607 bits per heavy atom. The van der Waals surface area contributed by atoms with E-state index < -0.39 is 0 Å². The summed E-state index contributed by atoms with van der Waals surface area (Å²) in [5.41, 5.74) is 2.06. The molecule has 0 saturated heterocycles. The number of aromatic nitrogens is 2. The second-order valence-corrected chi connectivity index (χ2v) is 7.06. The summed E-state index contributed by atoms with van der Waals surface area (Å²) in [5, 5.41) is 7.00. The monoisotopic (exact) mass is 452 g/mol. The van der Waals surface area contributed by atoms with Gasteiger partial charge in [0.1, 0.15) is 11.6 Å². The minimum Gasteiger partial charge on any atom is -0.340 e. The molecule has 0 aliphatic heterocycles. The molecule has 0 fully saturated rings. The van der Waals surface area contributed by atoms with Gasteiger partial charge in [0, 0.05) is 28.2 Å². The zero-order valence-electron chi connectivity index (χ0n) is 14.9. The average Bonchev–Trinajstić information content (AvgIpc) is 2.74. The van der Waals surface area contributed by atoms with Crippen molar-refractivity contribution >= 4 is 50.5 Å². The van der Waals surface area contributed by atoms with Crippen LogP contribution in [0.2, 0.25) is 5.02 Å². The normalized spacial score (nSPS) is 9.79. The quantitative estimate of drug-likeness (QED) is 0.347. The van der Waals surface area contributed by atoms with Crippen LogP contribution in [0.5, 0.6) is 0 Å². The molecule has 28 heavy (non-hydrogen) atoms. The van der Waals surface area contributed by atoms with Crippen molar-refractivity contribution in [2.75, 3.05) is 10.6 Å². The van der Waals surface area contributed by atoms with Gasteiger partial charge in [-0.1, -0.05) is 48.0 Å². The van der Waals surface area contributed by atoms with Gasteiger partial charge >= 0.3 is 0 Å². The van der Waals surface area contributed by atoms with Crippen molar-refractivity contribution in [3.05, 3.63) is 107 Å². The minimum absolute atomic E-state index is 0.642. The van der Waals surface area contributed by atoms with Crippen molar-refractivity contribution in [3.8, 4) is 0 Å². The van der Waals surface area contributed by atoms with Crippen LogP contribution in [0.1, 0.15) is 0 Å². The third-order valence-corrected chi connectivity index (χ3v) is 4.24. The van der Waals surface area contributed by atoms with Crippen LogP contribution >= 0.6 is 27.5 Å². The van der Waals surface area contributed by atoms with Gasteiger partial charge in [-0.15, -0.1) is 0 Å². The highest BCUT2D eigenvalue weighted by Crippen LogP contribution is 2.16. The molecule has 4 nitrogen and oxygen atoms in total. The number of anilines is 4. The summed E-state index contributed by atoms with van der Waals surface area (Å²) in [4.78, 5) is 8.35. The van der Waals surface area contributed by atoms with Gasteiger partial charge in [0.25, 0.3) is 0 Å². The molecule has 0 saturated carbocycles. The van der Waals surface area contributed by atoms with Crippen LogP contribution in [0, 0.1) is 0 Å². The van der Waals surface area contributed by atoms with E-state index in [2.05, 4.69) is 36.5 Å². The van der Waals surface area contributed by atoms with Crippen LogP contribution in [-0.4, -0.2) is 9.97 Å². The highest BCUT2D eigenvalue weighted by molar-refractivity contribution is 9.10.